The van der Waals surface area contributed by atoms with Crippen molar-refractivity contribution in [2.45, 2.75) is 39.5 Å². The van der Waals surface area contributed by atoms with Crippen LogP contribution in [-0.2, 0) is 0 Å². The number of hydrogen-bond donors (Lipinski definition) is 2. The Labute approximate surface area is 227 Å². The molecule has 11 heteroatoms. The highest BCUT2D eigenvalue weighted by molar-refractivity contribution is 9.10. The fraction of sp³-hybridized carbons (Fsp3) is 0.370. The first-order chi connectivity index (χ1) is 18.2. The molecule has 1 aliphatic carbocycles. The normalized spacial score (nSPS) is 16.9. The number of rotatable bonds is 7. The number of amides is 1. The van der Waals surface area contributed by atoms with Gasteiger partial charge in [-0.1, -0.05) is 0 Å². The van der Waals surface area contributed by atoms with Crippen LogP contribution in [0.3, 0.4) is 0 Å². The van der Waals surface area contributed by atoms with E-state index < -0.39 is 22.9 Å². The summed E-state index contributed by atoms with van der Waals surface area (Å²) in [4.78, 5) is 40.0. The lowest BCUT2D eigenvalue weighted by atomic mass is 9.83. The van der Waals surface area contributed by atoms with Gasteiger partial charge in [-0.05, 0) is 103 Å². The van der Waals surface area contributed by atoms with Crippen molar-refractivity contribution in [1.29, 1.82) is 5.26 Å². The Kier molecular flexibility index (Phi) is 8.32. The summed E-state index contributed by atoms with van der Waals surface area (Å²) in [6.07, 6.45) is 3.27. The highest BCUT2D eigenvalue weighted by atomic mass is 79.9. The zero-order valence-corrected chi connectivity index (χ0v) is 22.9. The van der Waals surface area contributed by atoms with Crippen LogP contribution in [0.2, 0.25) is 0 Å². The Morgan fingerprint density at radius 3 is 2.47 bits per heavy atom. The van der Waals surface area contributed by atoms with Gasteiger partial charge >= 0.3 is 5.69 Å². The third kappa shape index (κ3) is 5.97. The number of nitrogens with zero attached hydrogens (tertiary/aromatic N) is 3. The first-order valence-electron chi connectivity index (χ1n) is 12.2. The number of methoxy groups -OCH3 is 1. The van der Waals surface area contributed by atoms with E-state index in [1.54, 1.807) is 37.4 Å². The summed E-state index contributed by atoms with van der Waals surface area (Å²) < 4.78 is 13.1. The van der Waals surface area contributed by atoms with Gasteiger partial charge in [-0.3, -0.25) is 14.6 Å². The van der Waals surface area contributed by atoms with E-state index in [-0.39, 0.29) is 11.8 Å². The molecule has 0 radical (unpaired) electrons. The van der Waals surface area contributed by atoms with E-state index in [0.717, 1.165) is 46.0 Å². The fourth-order valence-corrected chi connectivity index (χ4v) is 5.10. The van der Waals surface area contributed by atoms with Crippen molar-refractivity contribution >= 4 is 21.8 Å². The number of ether oxygens (including phenoxy) is 2. The van der Waals surface area contributed by atoms with Crippen LogP contribution in [0, 0.1) is 37.0 Å². The van der Waals surface area contributed by atoms with Crippen LogP contribution in [0.1, 0.15) is 47.3 Å². The minimum absolute atomic E-state index is 0.0665. The molecule has 4 rings (SSSR count). The third-order valence-corrected chi connectivity index (χ3v) is 7.28. The van der Waals surface area contributed by atoms with Gasteiger partial charge in [0.15, 0.2) is 0 Å². The average molecular weight is 582 g/mol. The lowest BCUT2D eigenvalue weighted by Crippen LogP contribution is -2.40. The minimum atomic E-state index is -0.851. The van der Waals surface area contributed by atoms with Gasteiger partial charge in [-0.2, -0.15) is 15.0 Å². The number of benzene rings is 2. The molecule has 0 spiro atoms. The number of nitrogens with one attached hydrogen (secondary N) is 2. The molecule has 1 amide bonds. The van der Waals surface area contributed by atoms with Gasteiger partial charge in [-0.15, -0.1) is 0 Å². The summed E-state index contributed by atoms with van der Waals surface area (Å²) >= 11 is 3.45. The highest BCUT2D eigenvalue weighted by Gasteiger charge is 2.23. The van der Waals surface area contributed by atoms with Crippen LogP contribution in [0.4, 0.5) is 0 Å². The zero-order valence-electron chi connectivity index (χ0n) is 21.3. The quantitative estimate of drug-likeness (QED) is 0.427. The largest absolute Gasteiger partial charge is 0.496 e. The van der Waals surface area contributed by atoms with E-state index in [2.05, 4.69) is 37.4 Å². The van der Waals surface area contributed by atoms with Gasteiger partial charge in [0.2, 0.25) is 5.69 Å². The molecule has 10 nitrogen and oxygen atoms in total. The summed E-state index contributed by atoms with van der Waals surface area (Å²) in [6.45, 7) is 4.04. The molecule has 2 aromatic carbocycles. The van der Waals surface area contributed by atoms with Crippen LogP contribution < -0.4 is 26.0 Å². The zero-order chi connectivity index (χ0) is 27.4. The van der Waals surface area contributed by atoms with E-state index >= 15 is 0 Å². The fourth-order valence-electron chi connectivity index (χ4n) is 4.58. The molecule has 0 unspecified atom stereocenters. The number of halogens is 1. The monoisotopic (exact) mass is 581 g/mol. The molecule has 38 heavy (non-hydrogen) atoms. The Balaban J connectivity index is 1.55. The second-order valence-electron chi connectivity index (χ2n) is 9.38. The molecule has 1 aliphatic rings. The molecule has 1 fully saturated rings. The van der Waals surface area contributed by atoms with E-state index in [9.17, 15) is 14.4 Å². The Morgan fingerprint density at radius 1 is 1.18 bits per heavy atom. The van der Waals surface area contributed by atoms with E-state index in [1.165, 1.54) is 0 Å². The van der Waals surface area contributed by atoms with Crippen molar-refractivity contribution in [2.24, 2.45) is 11.8 Å². The van der Waals surface area contributed by atoms with E-state index in [4.69, 9.17) is 14.7 Å². The second kappa shape index (κ2) is 11.6. The maximum Gasteiger partial charge on any atom is 0.349 e. The molecule has 1 saturated carbocycles. The molecule has 1 aromatic heterocycles. The molecular formula is C27H28BrN5O5. The van der Waals surface area contributed by atoms with Gasteiger partial charge in [-0.25, -0.2) is 4.79 Å². The summed E-state index contributed by atoms with van der Waals surface area (Å²) in [5.41, 5.74) is -0.164. The Morgan fingerprint density at radius 2 is 1.87 bits per heavy atom. The van der Waals surface area contributed by atoms with Gasteiger partial charge < -0.3 is 14.8 Å². The third-order valence-electron chi connectivity index (χ3n) is 6.66. The first kappa shape index (κ1) is 27.1. The Hall–Kier alpha value is -3.91. The maximum atomic E-state index is 12.8. The molecular weight excluding hydrogens is 554 g/mol. The molecule has 0 atom stereocenters. The molecule has 0 aliphatic heterocycles. The SMILES string of the molecule is COc1ccc(Oc2c(C)cc(-n3nc(C(=O)NCC4CCC(C#N)CC4)c(=O)[nH]c3=O)cc2C)cc1Br. The topological polar surface area (TPSA) is 139 Å². The predicted molar refractivity (Wildman–Crippen MR) is 144 cm³/mol. The van der Waals surface area contributed by atoms with Crippen molar-refractivity contribution in [3.8, 4) is 29.0 Å². The summed E-state index contributed by atoms with van der Waals surface area (Å²) in [5.74, 6) is 1.52. The standard InChI is InChI=1S/C27H28BrN5O5/c1-15-10-19(11-16(2)24(15)38-20-8-9-22(37-3)21(28)12-20)33-27(36)31-26(35)23(32-33)25(34)30-14-18-6-4-17(13-29)5-7-18/h8-12,17-18H,4-7,14H2,1-3H3,(H,30,34)(H,31,35,36). The lowest BCUT2D eigenvalue weighted by molar-refractivity contribution is 0.0933. The number of aromatic nitrogens is 3. The number of hydrogen-bond acceptors (Lipinski definition) is 7. The molecule has 2 N–H and O–H groups in total. The van der Waals surface area contributed by atoms with Crippen molar-refractivity contribution in [3.05, 3.63) is 72.5 Å². The van der Waals surface area contributed by atoms with Gasteiger partial charge in [0, 0.05) is 12.5 Å². The smallest absolute Gasteiger partial charge is 0.349 e. The summed E-state index contributed by atoms with van der Waals surface area (Å²) in [6, 6.07) is 11.0. The minimum Gasteiger partial charge on any atom is -0.496 e. The average Bonchev–Trinajstić information content (AvgIpc) is 2.89. The van der Waals surface area contributed by atoms with Crippen LogP contribution in [0.25, 0.3) is 5.69 Å². The molecule has 3 aromatic rings. The molecule has 0 saturated heterocycles. The number of aromatic amines is 1. The number of carbonyl (C=O) groups is 1. The number of carbonyl (C=O) groups excluding carboxylic acids is 1. The highest BCUT2D eigenvalue weighted by Crippen LogP contribution is 2.34. The second-order valence-corrected chi connectivity index (χ2v) is 10.2. The number of nitriles is 1. The van der Waals surface area contributed by atoms with E-state index in [0.29, 0.717) is 29.5 Å². The maximum absolute atomic E-state index is 12.8. The predicted octanol–water partition coefficient (Wildman–Crippen LogP) is 4.16. The van der Waals surface area contributed by atoms with Crippen LogP contribution in [-0.4, -0.2) is 34.3 Å². The number of H-pyrrole nitrogens is 1. The summed E-state index contributed by atoms with van der Waals surface area (Å²) in [5, 5.41) is 15.9. The molecule has 0 bridgehead atoms. The van der Waals surface area contributed by atoms with Crippen LogP contribution >= 0.6 is 15.9 Å². The Bertz CT molecular complexity index is 1490. The molecule has 1 heterocycles. The first-order valence-corrected chi connectivity index (χ1v) is 13.0. The van der Waals surface area contributed by atoms with E-state index in [1.807, 2.05) is 13.8 Å². The lowest BCUT2D eigenvalue weighted by Gasteiger charge is -2.24. The van der Waals surface area contributed by atoms with Gasteiger partial charge in [0.1, 0.15) is 17.2 Å². The van der Waals surface area contributed by atoms with Crippen molar-refractivity contribution in [3.63, 3.8) is 0 Å². The summed E-state index contributed by atoms with van der Waals surface area (Å²) in [7, 11) is 1.58. The van der Waals surface area contributed by atoms with Crippen molar-refractivity contribution < 1.29 is 14.3 Å². The van der Waals surface area contributed by atoms with Crippen molar-refractivity contribution in [2.75, 3.05) is 13.7 Å². The number of aryl methyl sites for hydroxylation is 2. The van der Waals surface area contributed by atoms with Crippen LogP contribution in [0.5, 0.6) is 17.2 Å². The van der Waals surface area contributed by atoms with Gasteiger partial charge in [0.05, 0.1) is 23.3 Å². The van der Waals surface area contributed by atoms with Crippen LogP contribution in [0.15, 0.2) is 44.4 Å². The molecule has 198 valence electrons. The van der Waals surface area contributed by atoms with Gasteiger partial charge in [0.25, 0.3) is 11.5 Å². The van der Waals surface area contributed by atoms with Crippen molar-refractivity contribution in [1.82, 2.24) is 20.1 Å².